The van der Waals surface area contributed by atoms with E-state index in [0.717, 1.165) is 5.75 Å². The van der Waals surface area contributed by atoms with Crippen LogP contribution >= 0.6 is 0 Å². The molecule has 2 radical (unpaired) electrons. The molecule has 0 aromatic heterocycles. The molecule has 5 heteroatoms. The van der Waals surface area contributed by atoms with Gasteiger partial charge in [0.1, 0.15) is 12.4 Å². The summed E-state index contributed by atoms with van der Waals surface area (Å²) in [6, 6.07) is 8.03. The van der Waals surface area contributed by atoms with E-state index in [1.807, 2.05) is 30.3 Å². The Bertz CT molecular complexity index is 283. The first kappa shape index (κ1) is 20.2. The Balaban J connectivity index is -0.000000302. The molecule has 0 amide bonds. The van der Waals surface area contributed by atoms with E-state index in [0.29, 0.717) is 6.61 Å². The van der Waals surface area contributed by atoms with Crippen LogP contribution in [0.1, 0.15) is 5.56 Å². The fraction of sp³-hybridized carbons (Fsp3) is 0.111. The Labute approximate surface area is 126 Å². The second-order valence-corrected chi connectivity index (χ2v) is 2.25. The summed E-state index contributed by atoms with van der Waals surface area (Å²) in [7, 11) is 0. The van der Waals surface area contributed by atoms with E-state index in [4.69, 9.17) is 4.74 Å². The molecular weight excluding hydrogens is 354 g/mol. The molecule has 0 fully saturated rings. The van der Waals surface area contributed by atoms with E-state index in [2.05, 4.69) is 6.08 Å². The first-order valence-corrected chi connectivity index (χ1v) is 3.35. The Hall–Kier alpha value is 0.769. The maximum atomic E-state index is 5.34. The Morgan fingerprint density at radius 3 is 2.43 bits per heavy atom. The van der Waals surface area contributed by atoms with Crippen molar-refractivity contribution in [2.45, 2.75) is 0 Å². The normalized spacial score (nSPS) is 10.0. The number of fused-ring (bicyclic) bond motifs is 1. The zero-order chi connectivity index (χ0) is 6.81. The largest absolute Gasteiger partial charge is 0.489 e. The maximum Gasteiger partial charge on any atom is 0.126 e. The van der Waals surface area contributed by atoms with Crippen LogP contribution in [-0.2, 0) is 56.7 Å². The van der Waals surface area contributed by atoms with Crippen LogP contribution in [0.3, 0.4) is 0 Å². The summed E-state index contributed by atoms with van der Waals surface area (Å²) in [6.07, 6.45) is 4.10. The molecule has 1 heterocycles. The summed E-state index contributed by atoms with van der Waals surface area (Å²) < 4.78 is 5.34. The van der Waals surface area contributed by atoms with Gasteiger partial charge in [-0.2, -0.15) is 0 Å². The smallest absolute Gasteiger partial charge is 0.126 e. The second-order valence-electron chi connectivity index (χ2n) is 2.25. The van der Waals surface area contributed by atoms with Crippen LogP contribution < -0.4 is 4.74 Å². The van der Waals surface area contributed by atoms with E-state index >= 15 is 0 Å². The third kappa shape index (κ3) is 5.02. The molecule has 0 saturated heterocycles. The van der Waals surface area contributed by atoms with Gasteiger partial charge in [-0.25, -0.2) is 0 Å². The number of hydrogen-bond donors (Lipinski definition) is 0. The first-order valence-electron chi connectivity index (χ1n) is 3.35. The van der Waals surface area contributed by atoms with Crippen LogP contribution in [0.2, 0.25) is 0 Å². The molecule has 1 aliphatic heterocycles. The monoisotopic (exact) mass is 368 g/mol. The number of para-hydroxylation sites is 1. The van der Waals surface area contributed by atoms with Crippen molar-refractivity contribution in [3.63, 3.8) is 0 Å². The van der Waals surface area contributed by atoms with E-state index < -0.39 is 0 Å². The minimum Gasteiger partial charge on any atom is -0.489 e. The molecular formula is C9H12MnMoOSiV. The van der Waals surface area contributed by atoms with E-state index in [1.54, 1.807) is 0 Å². The summed E-state index contributed by atoms with van der Waals surface area (Å²) in [5, 5.41) is 0. The van der Waals surface area contributed by atoms with Crippen molar-refractivity contribution < 1.29 is 61.4 Å². The molecule has 0 unspecified atom stereocenters. The third-order valence-electron chi connectivity index (χ3n) is 1.55. The Morgan fingerprint density at radius 2 is 1.79 bits per heavy atom. The van der Waals surface area contributed by atoms with Crippen molar-refractivity contribution in [1.29, 1.82) is 0 Å². The molecule has 0 saturated carbocycles. The second kappa shape index (κ2) is 10.3. The molecule has 1 nitrogen and oxygen atoms in total. The van der Waals surface area contributed by atoms with E-state index in [-0.39, 0.29) is 67.7 Å². The van der Waals surface area contributed by atoms with Gasteiger partial charge in [-0.3, -0.25) is 0 Å². The zero-order valence-electron chi connectivity index (χ0n) is 6.81. The van der Waals surface area contributed by atoms with Crippen molar-refractivity contribution in [3.8, 4) is 5.75 Å². The van der Waals surface area contributed by atoms with Crippen molar-refractivity contribution in [2.75, 3.05) is 6.61 Å². The van der Waals surface area contributed by atoms with Gasteiger partial charge in [0.15, 0.2) is 0 Å². The zero-order valence-corrected chi connectivity index (χ0v) is 11.4. The van der Waals surface area contributed by atoms with Gasteiger partial charge in [-0.05, 0) is 23.1 Å². The Morgan fingerprint density at radius 1 is 1.14 bits per heavy atom. The summed E-state index contributed by atoms with van der Waals surface area (Å²) in [4.78, 5) is 0. The predicted molar refractivity (Wildman–Crippen MR) is 52.3 cm³/mol. The van der Waals surface area contributed by atoms with E-state index in [1.165, 1.54) is 5.56 Å². The molecule has 1 aromatic carbocycles. The van der Waals surface area contributed by atoms with Crippen molar-refractivity contribution in [3.05, 3.63) is 35.9 Å². The summed E-state index contributed by atoms with van der Waals surface area (Å²) >= 11 is 0. The fourth-order valence-electron chi connectivity index (χ4n) is 1.06. The quantitative estimate of drug-likeness (QED) is 0.613. The maximum absolute atomic E-state index is 5.34. The average molecular weight is 366 g/mol. The SMILES string of the molecule is C1=Cc2ccccc2OC1.[Mn].[Mo].[SiH4].[V]. The number of rotatable bonds is 0. The summed E-state index contributed by atoms with van der Waals surface area (Å²) in [5.41, 5.74) is 1.17. The predicted octanol–water partition coefficient (Wildman–Crippen LogP) is 0.633. The molecule has 0 aliphatic carbocycles. The molecule has 2 rings (SSSR count). The van der Waals surface area contributed by atoms with Crippen LogP contribution in [0.15, 0.2) is 30.3 Å². The standard InChI is InChI=1S/C9H8O.Mn.Mo.H4Si.V/c1-2-6-9-8(4-1)5-3-7-10-9;;;;/h1-6H,7H2;;;1H4;. The molecule has 0 N–H and O–H groups in total. The molecule has 14 heavy (non-hydrogen) atoms. The first-order chi connectivity index (χ1) is 4.97. The van der Waals surface area contributed by atoms with Crippen LogP contribution in [0, 0.1) is 0 Å². The van der Waals surface area contributed by atoms with E-state index in [9.17, 15) is 0 Å². The van der Waals surface area contributed by atoms with Crippen LogP contribution in [0.25, 0.3) is 6.08 Å². The van der Waals surface area contributed by atoms with Crippen LogP contribution in [-0.4, -0.2) is 17.6 Å². The minimum absolute atomic E-state index is 0. The van der Waals surface area contributed by atoms with Crippen molar-refractivity contribution in [1.82, 2.24) is 0 Å². The van der Waals surface area contributed by atoms with Gasteiger partial charge in [-0.15, -0.1) is 0 Å². The van der Waals surface area contributed by atoms with Gasteiger partial charge in [0, 0.05) is 62.3 Å². The molecule has 0 spiro atoms. The van der Waals surface area contributed by atoms with Gasteiger partial charge in [0.05, 0.1) is 0 Å². The molecule has 1 aliphatic rings. The van der Waals surface area contributed by atoms with Crippen LogP contribution in [0.5, 0.6) is 5.75 Å². The van der Waals surface area contributed by atoms with Crippen LogP contribution in [0.4, 0.5) is 0 Å². The number of hydrogen-bond acceptors (Lipinski definition) is 1. The number of benzene rings is 1. The average Bonchev–Trinajstić information content (AvgIpc) is 2.05. The number of ether oxygens (including phenoxy) is 1. The van der Waals surface area contributed by atoms with Gasteiger partial charge >= 0.3 is 0 Å². The van der Waals surface area contributed by atoms with Gasteiger partial charge in [0.2, 0.25) is 0 Å². The topological polar surface area (TPSA) is 9.23 Å². The molecule has 1 aromatic rings. The Kier molecular flexibility index (Phi) is 14.9. The van der Waals surface area contributed by atoms with Crippen molar-refractivity contribution in [2.24, 2.45) is 0 Å². The van der Waals surface area contributed by atoms with Gasteiger partial charge in [0.25, 0.3) is 0 Å². The summed E-state index contributed by atoms with van der Waals surface area (Å²) in [5.74, 6) is 0.991. The minimum atomic E-state index is 0. The summed E-state index contributed by atoms with van der Waals surface area (Å²) in [6.45, 7) is 0.705. The molecule has 76 valence electrons. The van der Waals surface area contributed by atoms with Gasteiger partial charge in [-0.1, -0.05) is 24.3 Å². The fourth-order valence-corrected chi connectivity index (χ4v) is 1.06. The third-order valence-corrected chi connectivity index (χ3v) is 1.55. The van der Waals surface area contributed by atoms with Crippen molar-refractivity contribution >= 4 is 17.0 Å². The molecule has 0 atom stereocenters. The molecule has 0 bridgehead atoms. The van der Waals surface area contributed by atoms with Gasteiger partial charge < -0.3 is 4.74 Å².